The quantitative estimate of drug-likeness (QED) is 0.250. The van der Waals surface area contributed by atoms with Gasteiger partial charge in [0.05, 0.1) is 17.8 Å². The van der Waals surface area contributed by atoms with Gasteiger partial charge in [0.15, 0.2) is 5.11 Å². The predicted molar refractivity (Wildman–Crippen MR) is 151 cm³/mol. The Balaban J connectivity index is 1.36. The Kier molecular flexibility index (Phi) is 6.16. The monoisotopic (exact) mass is 502 g/mol. The Morgan fingerprint density at radius 1 is 0.811 bits per heavy atom. The summed E-state index contributed by atoms with van der Waals surface area (Å²) < 4.78 is 8.27. The number of aromatic nitrogens is 2. The first-order valence-electron chi connectivity index (χ1n) is 12.2. The first-order chi connectivity index (χ1) is 18.2. The van der Waals surface area contributed by atoms with Crippen molar-refractivity contribution in [1.29, 1.82) is 0 Å². The second-order valence-electron chi connectivity index (χ2n) is 9.05. The van der Waals surface area contributed by atoms with Crippen LogP contribution in [0.1, 0.15) is 28.9 Å². The largest absolute Gasteiger partial charge is 0.457 e. The lowest BCUT2D eigenvalue weighted by Gasteiger charge is -2.27. The van der Waals surface area contributed by atoms with Crippen molar-refractivity contribution in [2.75, 3.05) is 4.90 Å². The first kappa shape index (κ1) is 23.0. The molecular weight excluding hydrogens is 476 g/mol. The maximum absolute atomic E-state index is 6.13. The highest BCUT2D eigenvalue weighted by Gasteiger charge is 2.41. The molecule has 182 valence electrons. The summed E-state index contributed by atoms with van der Waals surface area (Å²) in [4.78, 5) is 6.84. The molecular formula is C31H26N4OS. The van der Waals surface area contributed by atoms with Crippen LogP contribution in [0.5, 0.6) is 11.5 Å². The molecule has 0 amide bonds. The molecule has 6 heteroatoms. The summed E-state index contributed by atoms with van der Waals surface area (Å²) in [6.45, 7) is 2.04. The number of aryl methyl sites for hydroxylation is 1. The van der Waals surface area contributed by atoms with E-state index in [0.717, 1.165) is 39.7 Å². The number of ether oxygens (including phenoxy) is 1. The van der Waals surface area contributed by atoms with E-state index in [0.29, 0.717) is 5.11 Å². The van der Waals surface area contributed by atoms with E-state index in [9.17, 15) is 0 Å². The van der Waals surface area contributed by atoms with Gasteiger partial charge in [-0.25, -0.2) is 0 Å². The van der Waals surface area contributed by atoms with E-state index in [1.54, 1.807) is 0 Å². The van der Waals surface area contributed by atoms with Gasteiger partial charge in [0.25, 0.3) is 0 Å². The van der Waals surface area contributed by atoms with Gasteiger partial charge in [-0.15, -0.1) is 0 Å². The molecule has 0 saturated carbocycles. The van der Waals surface area contributed by atoms with E-state index in [-0.39, 0.29) is 12.1 Å². The highest BCUT2D eigenvalue weighted by atomic mass is 32.1. The molecule has 2 aromatic heterocycles. The number of anilines is 1. The van der Waals surface area contributed by atoms with Gasteiger partial charge in [0.2, 0.25) is 0 Å². The summed E-state index contributed by atoms with van der Waals surface area (Å²) in [6, 6.07) is 34.4. The minimum atomic E-state index is -0.0942. The lowest BCUT2D eigenvalue weighted by atomic mass is 9.98. The second-order valence-corrected chi connectivity index (χ2v) is 9.43. The fraction of sp³-hybridized carbons (Fsp3) is 0.0968. The smallest absolute Gasteiger partial charge is 0.174 e. The highest BCUT2D eigenvalue weighted by molar-refractivity contribution is 7.80. The van der Waals surface area contributed by atoms with Crippen LogP contribution in [0.15, 0.2) is 122 Å². The summed E-state index contributed by atoms with van der Waals surface area (Å²) >= 11 is 5.88. The third-order valence-electron chi connectivity index (χ3n) is 6.65. The number of hydrogen-bond acceptors (Lipinski definition) is 3. The van der Waals surface area contributed by atoms with E-state index in [4.69, 9.17) is 17.0 Å². The Morgan fingerprint density at radius 3 is 2.32 bits per heavy atom. The molecule has 5 nitrogen and oxygen atoms in total. The van der Waals surface area contributed by atoms with Crippen molar-refractivity contribution < 1.29 is 4.74 Å². The zero-order chi connectivity index (χ0) is 25.2. The van der Waals surface area contributed by atoms with Crippen molar-refractivity contribution in [2.24, 2.45) is 0 Å². The van der Waals surface area contributed by atoms with Gasteiger partial charge in [-0.1, -0.05) is 42.5 Å². The van der Waals surface area contributed by atoms with E-state index < -0.39 is 0 Å². The molecule has 0 spiro atoms. The van der Waals surface area contributed by atoms with Crippen LogP contribution in [0.3, 0.4) is 0 Å². The molecule has 1 N–H and O–H groups in total. The molecule has 6 rings (SSSR count). The molecule has 0 aliphatic carbocycles. The van der Waals surface area contributed by atoms with E-state index in [1.165, 1.54) is 0 Å². The standard InChI is InChI=1S/C31H26N4OS/c1-22-9-5-6-13-28(22)36-26-16-14-25(15-17-26)35-30(29(33-31(35)37)27-12-7-8-19-32-27)23-18-20-34(21-23)24-10-3-2-4-11-24/h2-21,29-30H,1H3,(H,33,37). The molecule has 1 fully saturated rings. The predicted octanol–water partition coefficient (Wildman–Crippen LogP) is 7.15. The molecule has 5 aromatic rings. The minimum Gasteiger partial charge on any atom is -0.457 e. The van der Waals surface area contributed by atoms with Gasteiger partial charge in [-0.05, 0) is 90.9 Å². The number of nitrogens with one attached hydrogen (secondary N) is 1. The van der Waals surface area contributed by atoms with Crippen LogP contribution in [0, 0.1) is 6.92 Å². The number of rotatable bonds is 6. The summed E-state index contributed by atoms with van der Waals surface area (Å²) in [7, 11) is 0. The van der Waals surface area contributed by atoms with Gasteiger partial charge in [0, 0.05) is 30.0 Å². The number of benzene rings is 3. The van der Waals surface area contributed by atoms with Crippen LogP contribution < -0.4 is 15.0 Å². The van der Waals surface area contributed by atoms with Crippen LogP contribution in [-0.2, 0) is 0 Å². The van der Waals surface area contributed by atoms with Gasteiger partial charge >= 0.3 is 0 Å². The van der Waals surface area contributed by atoms with Crippen molar-refractivity contribution >= 4 is 23.0 Å². The van der Waals surface area contributed by atoms with Gasteiger partial charge in [0.1, 0.15) is 11.5 Å². The van der Waals surface area contributed by atoms with Crippen molar-refractivity contribution in [3.05, 3.63) is 139 Å². The Hall–Kier alpha value is -4.42. The highest BCUT2D eigenvalue weighted by Crippen LogP contribution is 2.42. The zero-order valence-electron chi connectivity index (χ0n) is 20.4. The summed E-state index contributed by atoms with van der Waals surface area (Å²) in [5, 5.41) is 4.20. The van der Waals surface area contributed by atoms with E-state index in [2.05, 4.69) is 62.5 Å². The van der Waals surface area contributed by atoms with Crippen LogP contribution >= 0.6 is 12.2 Å². The Morgan fingerprint density at radius 2 is 1.57 bits per heavy atom. The maximum Gasteiger partial charge on any atom is 0.174 e. The first-order valence-corrected chi connectivity index (χ1v) is 12.7. The minimum absolute atomic E-state index is 0.0736. The normalized spacial score (nSPS) is 17.0. The average molecular weight is 503 g/mol. The number of para-hydroxylation sites is 2. The molecule has 1 saturated heterocycles. The zero-order valence-corrected chi connectivity index (χ0v) is 21.2. The third kappa shape index (κ3) is 4.59. The van der Waals surface area contributed by atoms with E-state index in [1.807, 2.05) is 85.9 Å². The van der Waals surface area contributed by atoms with Crippen molar-refractivity contribution in [3.8, 4) is 17.2 Å². The third-order valence-corrected chi connectivity index (χ3v) is 6.96. The molecule has 3 heterocycles. The molecule has 0 bridgehead atoms. The summed E-state index contributed by atoms with van der Waals surface area (Å²) in [6.07, 6.45) is 6.10. The Labute approximate surface area is 222 Å². The van der Waals surface area contributed by atoms with Gasteiger partial charge in [-0.2, -0.15) is 0 Å². The van der Waals surface area contributed by atoms with Crippen LogP contribution in [-0.4, -0.2) is 14.7 Å². The second kappa shape index (κ2) is 9.91. The fourth-order valence-electron chi connectivity index (χ4n) is 4.79. The van der Waals surface area contributed by atoms with Gasteiger partial charge in [-0.3, -0.25) is 4.98 Å². The lowest BCUT2D eigenvalue weighted by molar-refractivity contribution is 0.479. The molecule has 1 aliphatic rings. The van der Waals surface area contributed by atoms with Crippen molar-refractivity contribution in [3.63, 3.8) is 0 Å². The SMILES string of the molecule is Cc1ccccc1Oc1ccc(N2C(=S)NC(c3ccccn3)C2c2ccn(-c3ccccc3)c2)cc1. The Bertz CT molecular complexity index is 1520. The number of thiocarbonyl (C=S) groups is 1. The molecule has 2 unspecified atom stereocenters. The average Bonchev–Trinajstić information content (AvgIpc) is 3.56. The molecule has 3 aromatic carbocycles. The number of nitrogens with zero attached hydrogens (tertiary/aromatic N) is 3. The van der Waals surface area contributed by atoms with Crippen LogP contribution in [0.4, 0.5) is 5.69 Å². The molecule has 2 atom stereocenters. The lowest BCUT2D eigenvalue weighted by Crippen LogP contribution is -2.29. The van der Waals surface area contributed by atoms with Crippen LogP contribution in [0.25, 0.3) is 5.69 Å². The number of hydrogen-bond donors (Lipinski definition) is 1. The molecule has 37 heavy (non-hydrogen) atoms. The number of pyridine rings is 1. The van der Waals surface area contributed by atoms with E-state index >= 15 is 0 Å². The fourth-order valence-corrected chi connectivity index (χ4v) is 5.14. The summed E-state index contributed by atoms with van der Waals surface area (Å²) in [5.74, 6) is 1.63. The van der Waals surface area contributed by atoms with Gasteiger partial charge < -0.3 is 19.5 Å². The maximum atomic E-state index is 6.13. The summed E-state index contributed by atoms with van der Waals surface area (Å²) in [5.41, 5.74) is 5.29. The molecule has 1 aliphatic heterocycles. The molecule has 0 radical (unpaired) electrons. The topological polar surface area (TPSA) is 42.3 Å². The van der Waals surface area contributed by atoms with Crippen molar-refractivity contribution in [2.45, 2.75) is 19.0 Å². The van der Waals surface area contributed by atoms with Crippen molar-refractivity contribution in [1.82, 2.24) is 14.9 Å². The van der Waals surface area contributed by atoms with Crippen LogP contribution in [0.2, 0.25) is 0 Å².